The van der Waals surface area contributed by atoms with Gasteiger partial charge in [0.15, 0.2) is 0 Å². The highest BCUT2D eigenvalue weighted by molar-refractivity contribution is 5.96. The molecule has 1 N–H and O–H groups in total. The molecule has 1 heterocycles. The predicted octanol–water partition coefficient (Wildman–Crippen LogP) is 1.81. The minimum Gasteiger partial charge on any atom is -0.465 e. The lowest BCUT2D eigenvalue weighted by atomic mass is 10.1. The maximum absolute atomic E-state index is 12.5. The molecule has 1 saturated heterocycles. The number of halogens is 3. The fraction of sp³-hybridized carbons (Fsp3) is 0.467. The first-order valence-electron chi connectivity index (χ1n) is 7.21. The van der Waals surface area contributed by atoms with Crippen LogP contribution >= 0.6 is 0 Å². The van der Waals surface area contributed by atoms with Crippen LogP contribution in [0, 0.1) is 0 Å². The number of morpholine rings is 1. The fourth-order valence-corrected chi connectivity index (χ4v) is 2.28. The van der Waals surface area contributed by atoms with Crippen molar-refractivity contribution < 1.29 is 32.2 Å². The first kappa shape index (κ1) is 18.2. The van der Waals surface area contributed by atoms with Gasteiger partial charge in [-0.05, 0) is 23.8 Å². The van der Waals surface area contributed by atoms with Crippen molar-refractivity contribution in [2.75, 3.05) is 38.7 Å². The van der Waals surface area contributed by atoms with Crippen LogP contribution in [0.2, 0.25) is 0 Å². The van der Waals surface area contributed by atoms with Crippen LogP contribution in [0.1, 0.15) is 15.9 Å². The van der Waals surface area contributed by atoms with E-state index in [4.69, 9.17) is 4.74 Å². The molecule has 0 spiro atoms. The Bertz CT molecular complexity index is 613. The number of alkyl halides is 3. The summed E-state index contributed by atoms with van der Waals surface area (Å²) >= 11 is 0. The van der Waals surface area contributed by atoms with Crippen LogP contribution in [0.4, 0.5) is 18.9 Å². The number of esters is 1. The van der Waals surface area contributed by atoms with E-state index in [1.807, 2.05) is 10.2 Å². The smallest absolute Gasteiger partial charge is 0.465 e. The summed E-state index contributed by atoms with van der Waals surface area (Å²) in [5.74, 6) is -2.66. The largest absolute Gasteiger partial charge is 0.471 e. The van der Waals surface area contributed by atoms with Gasteiger partial charge < -0.3 is 14.8 Å². The minimum absolute atomic E-state index is 0.0106. The van der Waals surface area contributed by atoms with Crippen molar-refractivity contribution in [1.82, 2.24) is 4.90 Å². The number of hydrogen-bond donors (Lipinski definition) is 1. The third-order valence-electron chi connectivity index (χ3n) is 3.53. The second-order valence-corrected chi connectivity index (χ2v) is 5.20. The van der Waals surface area contributed by atoms with Crippen LogP contribution < -0.4 is 5.32 Å². The highest BCUT2D eigenvalue weighted by Gasteiger charge is 2.39. The van der Waals surface area contributed by atoms with Crippen LogP contribution in [0.3, 0.4) is 0 Å². The predicted molar refractivity (Wildman–Crippen MR) is 78.6 cm³/mol. The summed E-state index contributed by atoms with van der Waals surface area (Å²) in [7, 11) is 1.21. The van der Waals surface area contributed by atoms with E-state index in [2.05, 4.69) is 4.74 Å². The molecule has 2 rings (SSSR count). The monoisotopic (exact) mass is 346 g/mol. The second-order valence-electron chi connectivity index (χ2n) is 5.20. The minimum atomic E-state index is -4.99. The number of nitrogens with zero attached hydrogens (tertiary/aromatic N) is 1. The van der Waals surface area contributed by atoms with Crippen molar-refractivity contribution in [3.63, 3.8) is 0 Å². The number of carbonyl (C=O) groups is 2. The Morgan fingerprint density at radius 2 is 1.96 bits per heavy atom. The van der Waals surface area contributed by atoms with Gasteiger partial charge >= 0.3 is 18.1 Å². The van der Waals surface area contributed by atoms with E-state index in [9.17, 15) is 22.8 Å². The van der Waals surface area contributed by atoms with E-state index in [1.54, 1.807) is 0 Å². The van der Waals surface area contributed by atoms with Crippen molar-refractivity contribution in [2.45, 2.75) is 12.7 Å². The highest BCUT2D eigenvalue weighted by atomic mass is 19.4. The molecule has 9 heteroatoms. The van der Waals surface area contributed by atoms with Gasteiger partial charge in [-0.15, -0.1) is 0 Å². The zero-order valence-corrected chi connectivity index (χ0v) is 13.0. The molecule has 132 valence electrons. The fourth-order valence-electron chi connectivity index (χ4n) is 2.28. The molecular formula is C15H17F3N2O4. The SMILES string of the molecule is COC(=O)c1ccc(NC(=O)C(F)(F)F)c(CN2CCOCC2)c1. The van der Waals surface area contributed by atoms with Crippen LogP contribution in [-0.2, 0) is 20.8 Å². The van der Waals surface area contributed by atoms with Gasteiger partial charge in [-0.25, -0.2) is 4.79 Å². The van der Waals surface area contributed by atoms with Gasteiger partial charge in [0.05, 0.1) is 25.9 Å². The summed E-state index contributed by atoms with van der Waals surface area (Å²) in [5.41, 5.74) is 0.611. The molecule has 0 aromatic heterocycles. The van der Waals surface area contributed by atoms with E-state index >= 15 is 0 Å². The molecule has 0 saturated carbocycles. The number of nitrogens with one attached hydrogen (secondary N) is 1. The molecule has 0 bridgehead atoms. The number of anilines is 1. The lowest BCUT2D eigenvalue weighted by Gasteiger charge is -2.27. The van der Waals surface area contributed by atoms with E-state index < -0.39 is 18.1 Å². The summed E-state index contributed by atoms with van der Waals surface area (Å²) in [4.78, 5) is 24.8. The van der Waals surface area contributed by atoms with Gasteiger partial charge in [0.25, 0.3) is 0 Å². The van der Waals surface area contributed by atoms with Gasteiger partial charge in [0.2, 0.25) is 0 Å². The summed E-state index contributed by atoms with van der Waals surface area (Å²) in [6, 6.07) is 4.00. The Morgan fingerprint density at radius 3 is 2.54 bits per heavy atom. The Balaban J connectivity index is 2.26. The van der Waals surface area contributed by atoms with Gasteiger partial charge in [-0.1, -0.05) is 0 Å². The van der Waals surface area contributed by atoms with Crippen LogP contribution in [0.15, 0.2) is 18.2 Å². The van der Waals surface area contributed by atoms with E-state index in [0.717, 1.165) is 0 Å². The van der Waals surface area contributed by atoms with Gasteiger partial charge in [0, 0.05) is 25.3 Å². The number of hydrogen-bond acceptors (Lipinski definition) is 5. The normalized spacial score (nSPS) is 15.8. The molecule has 1 aliphatic heterocycles. The van der Waals surface area contributed by atoms with E-state index in [1.165, 1.54) is 25.3 Å². The van der Waals surface area contributed by atoms with Crippen LogP contribution in [0.5, 0.6) is 0 Å². The molecule has 1 amide bonds. The average molecular weight is 346 g/mol. The zero-order chi connectivity index (χ0) is 17.7. The standard InChI is InChI=1S/C15H17F3N2O4/c1-23-13(21)10-2-3-12(19-14(22)15(16,17)18)11(8-10)9-20-4-6-24-7-5-20/h2-3,8H,4-7,9H2,1H3,(H,19,22). The number of carbonyl (C=O) groups excluding carboxylic acids is 2. The third kappa shape index (κ3) is 4.68. The zero-order valence-electron chi connectivity index (χ0n) is 13.0. The maximum Gasteiger partial charge on any atom is 0.471 e. The van der Waals surface area contributed by atoms with Crippen LogP contribution in [-0.4, -0.2) is 56.4 Å². The third-order valence-corrected chi connectivity index (χ3v) is 3.53. The van der Waals surface area contributed by atoms with E-state index in [-0.39, 0.29) is 17.8 Å². The molecule has 1 fully saturated rings. The lowest BCUT2D eigenvalue weighted by Crippen LogP contribution is -2.36. The van der Waals surface area contributed by atoms with Crippen molar-refractivity contribution in [1.29, 1.82) is 0 Å². The average Bonchev–Trinajstić information content (AvgIpc) is 2.55. The summed E-state index contributed by atoms with van der Waals surface area (Å²) in [6.07, 6.45) is -4.99. The quantitative estimate of drug-likeness (QED) is 0.842. The number of ether oxygens (including phenoxy) is 2. The van der Waals surface area contributed by atoms with Crippen molar-refractivity contribution >= 4 is 17.6 Å². The van der Waals surface area contributed by atoms with Crippen molar-refractivity contribution in [3.8, 4) is 0 Å². The first-order valence-corrected chi connectivity index (χ1v) is 7.21. The van der Waals surface area contributed by atoms with E-state index in [0.29, 0.717) is 31.9 Å². The molecule has 1 aromatic carbocycles. The number of benzene rings is 1. The molecule has 0 atom stereocenters. The first-order chi connectivity index (χ1) is 11.3. The molecule has 0 aliphatic carbocycles. The van der Waals surface area contributed by atoms with Crippen molar-refractivity contribution in [3.05, 3.63) is 29.3 Å². The second kappa shape index (κ2) is 7.63. The Labute approximate surface area is 136 Å². The molecule has 1 aromatic rings. The van der Waals surface area contributed by atoms with Crippen LogP contribution in [0.25, 0.3) is 0 Å². The summed E-state index contributed by atoms with van der Waals surface area (Å²) < 4.78 is 47.3. The molecule has 0 radical (unpaired) electrons. The highest BCUT2D eigenvalue weighted by Crippen LogP contribution is 2.24. The maximum atomic E-state index is 12.5. The van der Waals surface area contributed by atoms with Gasteiger partial charge in [-0.2, -0.15) is 13.2 Å². The lowest BCUT2D eigenvalue weighted by molar-refractivity contribution is -0.167. The Kier molecular flexibility index (Phi) is 5.79. The number of rotatable bonds is 4. The Morgan fingerprint density at radius 1 is 1.29 bits per heavy atom. The molecule has 0 unspecified atom stereocenters. The van der Waals surface area contributed by atoms with Crippen molar-refractivity contribution in [2.24, 2.45) is 0 Å². The molecular weight excluding hydrogens is 329 g/mol. The summed E-state index contributed by atoms with van der Waals surface area (Å²) in [6.45, 7) is 2.52. The molecule has 6 nitrogen and oxygen atoms in total. The molecule has 24 heavy (non-hydrogen) atoms. The Hall–Kier alpha value is -2.13. The summed E-state index contributed by atoms with van der Waals surface area (Å²) in [5, 5.41) is 1.85. The molecule has 1 aliphatic rings. The topological polar surface area (TPSA) is 67.9 Å². The van der Waals surface area contributed by atoms with Gasteiger partial charge in [-0.3, -0.25) is 9.69 Å². The number of methoxy groups -OCH3 is 1. The van der Waals surface area contributed by atoms with Gasteiger partial charge in [0.1, 0.15) is 0 Å². The number of amides is 1.